The van der Waals surface area contributed by atoms with Gasteiger partial charge in [-0.25, -0.2) is 4.98 Å². The van der Waals surface area contributed by atoms with E-state index in [9.17, 15) is 0 Å². The molecule has 3 atom stereocenters. The minimum absolute atomic E-state index is 0.642. The van der Waals surface area contributed by atoms with E-state index in [-0.39, 0.29) is 0 Å². The molecule has 0 aromatic carbocycles. The molecule has 1 aliphatic carbocycles. The first-order valence-electron chi connectivity index (χ1n) is 7.37. The van der Waals surface area contributed by atoms with E-state index in [1.165, 1.54) is 37.2 Å². The third kappa shape index (κ3) is 4.43. The van der Waals surface area contributed by atoms with Crippen molar-refractivity contribution in [2.75, 3.05) is 6.54 Å². The molecule has 19 heavy (non-hydrogen) atoms. The van der Waals surface area contributed by atoms with Crippen LogP contribution < -0.4 is 5.32 Å². The fourth-order valence-corrected chi connectivity index (χ4v) is 4.86. The minimum Gasteiger partial charge on any atom is -0.313 e. The van der Waals surface area contributed by atoms with Crippen LogP contribution in [-0.2, 0) is 0 Å². The minimum atomic E-state index is 0.642. The second kappa shape index (κ2) is 7.60. The van der Waals surface area contributed by atoms with Crippen LogP contribution in [0.3, 0.4) is 0 Å². The monoisotopic (exact) mass is 299 g/mol. The van der Waals surface area contributed by atoms with Gasteiger partial charge in [-0.3, -0.25) is 0 Å². The average molecular weight is 300 g/mol. The van der Waals surface area contributed by atoms with Crippen LogP contribution in [-0.4, -0.2) is 27.2 Å². The van der Waals surface area contributed by atoms with E-state index in [0.717, 1.165) is 22.7 Å². The normalized spacial score (nSPS) is 27.9. The highest BCUT2D eigenvalue weighted by Gasteiger charge is 2.32. The number of rotatable bonds is 6. The van der Waals surface area contributed by atoms with Gasteiger partial charge in [0.2, 0.25) is 0 Å². The van der Waals surface area contributed by atoms with Crippen molar-refractivity contribution in [2.24, 2.45) is 11.8 Å². The van der Waals surface area contributed by atoms with Crippen LogP contribution >= 0.6 is 23.3 Å². The molecule has 0 saturated heterocycles. The van der Waals surface area contributed by atoms with Crippen LogP contribution in [0.25, 0.3) is 0 Å². The predicted molar refractivity (Wildman–Crippen MR) is 83.8 cm³/mol. The Kier molecular flexibility index (Phi) is 6.10. The molecule has 5 heteroatoms. The fourth-order valence-electron chi connectivity index (χ4n) is 2.80. The lowest BCUT2D eigenvalue weighted by molar-refractivity contribution is 0.246. The van der Waals surface area contributed by atoms with E-state index < -0.39 is 0 Å². The highest BCUT2D eigenvalue weighted by molar-refractivity contribution is 8.01. The first-order chi connectivity index (χ1) is 9.20. The predicted octanol–water partition coefficient (Wildman–Crippen LogP) is 3.82. The van der Waals surface area contributed by atoms with Crippen molar-refractivity contribution in [2.45, 2.75) is 62.1 Å². The van der Waals surface area contributed by atoms with Crippen LogP contribution in [0.1, 0.15) is 46.5 Å². The van der Waals surface area contributed by atoms with E-state index in [2.05, 4.69) is 35.4 Å². The third-order valence-corrected chi connectivity index (χ3v) is 6.13. The summed E-state index contributed by atoms with van der Waals surface area (Å²) in [7, 11) is 0. The van der Waals surface area contributed by atoms with Crippen molar-refractivity contribution in [1.82, 2.24) is 14.7 Å². The molecule has 1 aliphatic rings. The van der Waals surface area contributed by atoms with E-state index >= 15 is 0 Å². The summed E-state index contributed by atoms with van der Waals surface area (Å²) >= 11 is 3.46. The van der Waals surface area contributed by atoms with Gasteiger partial charge in [0.1, 0.15) is 6.33 Å². The van der Waals surface area contributed by atoms with Crippen molar-refractivity contribution >= 4 is 23.3 Å². The van der Waals surface area contributed by atoms with Gasteiger partial charge in [0.05, 0.1) is 0 Å². The number of nitrogens with one attached hydrogen (secondary N) is 1. The van der Waals surface area contributed by atoms with Gasteiger partial charge in [-0.1, -0.05) is 32.5 Å². The molecule has 0 bridgehead atoms. The van der Waals surface area contributed by atoms with Gasteiger partial charge in [-0.15, -0.1) is 0 Å². The lowest BCUT2D eigenvalue weighted by atomic mass is 9.79. The second-order valence-corrected chi connectivity index (χ2v) is 8.01. The largest absolute Gasteiger partial charge is 0.313 e. The summed E-state index contributed by atoms with van der Waals surface area (Å²) in [5, 5.41) is 4.38. The van der Waals surface area contributed by atoms with Crippen LogP contribution in [0.5, 0.6) is 0 Å². The topological polar surface area (TPSA) is 37.8 Å². The molecule has 108 valence electrons. The van der Waals surface area contributed by atoms with Crippen molar-refractivity contribution in [1.29, 1.82) is 0 Å². The molecule has 1 saturated carbocycles. The van der Waals surface area contributed by atoms with Crippen LogP contribution in [0.4, 0.5) is 0 Å². The zero-order chi connectivity index (χ0) is 13.7. The zero-order valence-electron chi connectivity index (χ0n) is 12.1. The molecule has 2 rings (SSSR count). The number of nitrogens with zero attached hydrogens (tertiary/aromatic N) is 2. The summed E-state index contributed by atoms with van der Waals surface area (Å²) in [5.41, 5.74) is 0. The van der Waals surface area contributed by atoms with Crippen LogP contribution in [0, 0.1) is 11.8 Å². The SMILES string of the molecule is CCCNC1CCC(C(C)C)CC1Sc1ncns1. The Hall–Kier alpha value is -0.130. The Bertz CT molecular complexity index is 354. The Morgan fingerprint density at radius 2 is 2.32 bits per heavy atom. The molecule has 1 aromatic heterocycles. The summed E-state index contributed by atoms with van der Waals surface area (Å²) in [6, 6.07) is 0.642. The molecular formula is C14H25N3S2. The van der Waals surface area contributed by atoms with Crippen molar-refractivity contribution < 1.29 is 0 Å². The van der Waals surface area contributed by atoms with Gasteiger partial charge >= 0.3 is 0 Å². The maximum atomic E-state index is 4.34. The maximum Gasteiger partial charge on any atom is 0.170 e. The van der Waals surface area contributed by atoms with Crippen LogP contribution in [0.2, 0.25) is 0 Å². The van der Waals surface area contributed by atoms with Crippen molar-refractivity contribution in [3.05, 3.63) is 6.33 Å². The first-order valence-corrected chi connectivity index (χ1v) is 9.02. The fraction of sp³-hybridized carbons (Fsp3) is 0.857. The summed E-state index contributed by atoms with van der Waals surface area (Å²) in [5.74, 6) is 1.66. The number of aromatic nitrogens is 2. The van der Waals surface area contributed by atoms with Gasteiger partial charge in [0.15, 0.2) is 4.34 Å². The quantitative estimate of drug-likeness (QED) is 0.866. The summed E-state index contributed by atoms with van der Waals surface area (Å²) in [6.45, 7) is 8.08. The number of hydrogen-bond acceptors (Lipinski definition) is 5. The number of hydrogen-bond donors (Lipinski definition) is 1. The molecule has 0 amide bonds. The molecule has 1 aromatic rings. The van der Waals surface area contributed by atoms with Crippen molar-refractivity contribution in [3.8, 4) is 0 Å². The molecular weight excluding hydrogens is 274 g/mol. The average Bonchev–Trinajstić information content (AvgIpc) is 2.90. The van der Waals surface area contributed by atoms with Gasteiger partial charge in [-0.2, -0.15) is 4.37 Å². The van der Waals surface area contributed by atoms with E-state index in [1.807, 2.05) is 11.8 Å². The zero-order valence-corrected chi connectivity index (χ0v) is 13.8. The molecule has 0 spiro atoms. The molecule has 1 heterocycles. The molecule has 1 fully saturated rings. The van der Waals surface area contributed by atoms with Gasteiger partial charge in [0, 0.05) is 11.3 Å². The van der Waals surface area contributed by atoms with Gasteiger partial charge in [0.25, 0.3) is 0 Å². The highest BCUT2D eigenvalue weighted by Crippen LogP contribution is 2.39. The molecule has 3 unspecified atom stereocenters. The summed E-state index contributed by atoms with van der Waals surface area (Å²) < 4.78 is 5.24. The molecule has 1 N–H and O–H groups in total. The van der Waals surface area contributed by atoms with E-state index in [4.69, 9.17) is 0 Å². The summed E-state index contributed by atoms with van der Waals surface area (Å²) in [6.07, 6.45) is 6.86. The third-order valence-electron chi connectivity index (χ3n) is 4.02. The van der Waals surface area contributed by atoms with Gasteiger partial charge < -0.3 is 5.32 Å². The smallest absolute Gasteiger partial charge is 0.170 e. The van der Waals surface area contributed by atoms with E-state index in [0.29, 0.717) is 11.3 Å². The summed E-state index contributed by atoms with van der Waals surface area (Å²) in [4.78, 5) is 4.34. The van der Waals surface area contributed by atoms with Gasteiger partial charge in [-0.05, 0) is 55.6 Å². The van der Waals surface area contributed by atoms with Crippen LogP contribution in [0.15, 0.2) is 10.7 Å². The lowest BCUT2D eigenvalue weighted by Gasteiger charge is -2.37. The first kappa shape index (κ1) is 15.3. The molecule has 3 nitrogen and oxygen atoms in total. The van der Waals surface area contributed by atoms with Crippen molar-refractivity contribution in [3.63, 3.8) is 0 Å². The second-order valence-electron chi connectivity index (χ2n) is 5.74. The standard InChI is InChI=1S/C14H25N3S2/c1-4-7-15-12-6-5-11(10(2)3)8-13(12)18-14-16-9-17-19-14/h9-13,15H,4-8H2,1-3H3. The number of thioether (sulfide) groups is 1. The van der Waals surface area contributed by atoms with E-state index in [1.54, 1.807) is 6.33 Å². The maximum absolute atomic E-state index is 4.34. The molecule has 0 radical (unpaired) electrons. The highest BCUT2D eigenvalue weighted by atomic mass is 32.2. The lowest BCUT2D eigenvalue weighted by Crippen LogP contribution is -2.43. The Morgan fingerprint density at radius 1 is 1.47 bits per heavy atom. The Labute approximate surface area is 125 Å². The Morgan fingerprint density at radius 3 is 2.95 bits per heavy atom. The Balaban J connectivity index is 1.97. The molecule has 0 aliphatic heterocycles.